The van der Waals surface area contributed by atoms with Gasteiger partial charge in [-0.05, 0) is 17.5 Å². The first kappa shape index (κ1) is 19.1. The van der Waals surface area contributed by atoms with Crippen molar-refractivity contribution in [1.82, 2.24) is 9.61 Å². The molecule has 28 heavy (non-hydrogen) atoms. The number of aliphatic carboxylic acids is 1. The fraction of sp³-hybridized carbons (Fsp3) is 0.200. The van der Waals surface area contributed by atoms with Crippen LogP contribution in [0.3, 0.4) is 0 Å². The van der Waals surface area contributed by atoms with Gasteiger partial charge in [0.25, 0.3) is 0 Å². The minimum Gasteiger partial charge on any atom is -0.479 e. The van der Waals surface area contributed by atoms with Crippen LogP contribution in [0.4, 0.5) is 5.69 Å². The number of fused-ring (bicyclic) bond motifs is 1. The van der Waals surface area contributed by atoms with E-state index in [0.717, 1.165) is 16.8 Å². The van der Waals surface area contributed by atoms with Crippen molar-refractivity contribution in [3.05, 3.63) is 58.9 Å². The molecule has 8 nitrogen and oxygen atoms in total. The maximum atomic E-state index is 12.0. The summed E-state index contributed by atoms with van der Waals surface area (Å²) in [6.07, 6.45) is 2.47. The van der Waals surface area contributed by atoms with Crippen LogP contribution in [0.1, 0.15) is 34.1 Å². The lowest BCUT2D eigenvalue weighted by molar-refractivity contribution is -0.139. The second kappa shape index (κ2) is 7.91. The molecule has 0 amide bonds. The number of ketones is 1. The van der Waals surface area contributed by atoms with Crippen LogP contribution in [-0.2, 0) is 22.4 Å². The Morgan fingerprint density at radius 2 is 2.00 bits per heavy atom. The monoisotopic (exact) mass is 381 g/mol. The molecule has 0 saturated heterocycles. The lowest BCUT2D eigenvalue weighted by Gasteiger charge is -2.11. The molecule has 3 N–H and O–H groups in total. The summed E-state index contributed by atoms with van der Waals surface area (Å²) < 4.78 is 6.91. The van der Waals surface area contributed by atoms with Crippen molar-refractivity contribution < 1.29 is 24.2 Å². The van der Waals surface area contributed by atoms with E-state index in [0.29, 0.717) is 18.5 Å². The predicted octanol–water partition coefficient (Wildman–Crippen LogP) is 1.91. The summed E-state index contributed by atoms with van der Waals surface area (Å²) in [5.74, 6) is -2.13. The zero-order valence-electron chi connectivity index (χ0n) is 15.2. The number of nitrogens with zero attached hydrogens (tertiary/aromatic N) is 2. The van der Waals surface area contributed by atoms with E-state index in [2.05, 4.69) is 5.10 Å². The third-order valence-electron chi connectivity index (χ3n) is 4.44. The van der Waals surface area contributed by atoms with E-state index in [1.807, 2.05) is 37.3 Å². The summed E-state index contributed by atoms with van der Waals surface area (Å²) in [5, 5.41) is 13.3. The lowest BCUT2D eigenvalue weighted by Crippen LogP contribution is -2.15. The van der Waals surface area contributed by atoms with Crippen molar-refractivity contribution in [3.8, 4) is 5.75 Å². The second-order valence-electron chi connectivity index (χ2n) is 6.17. The number of hydrogen-bond acceptors (Lipinski definition) is 6. The largest absolute Gasteiger partial charge is 0.479 e. The number of aromatic nitrogens is 2. The van der Waals surface area contributed by atoms with Crippen molar-refractivity contribution >= 4 is 29.2 Å². The van der Waals surface area contributed by atoms with Crippen molar-refractivity contribution in [2.45, 2.75) is 19.8 Å². The number of carboxylic acids is 1. The number of hydrogen-bond donors (Lipinski definition) is 2. The molecule has 2 aromatic heterocycles. The maximum Gasteiger partial charge on any atom is 0.341 e. The summed E-state index contributed by atoms with van der Waals surface area (Å²) >= 11 is 0. The van der Waals surface area contributed by atoms with Crippen molar-refractivity contribution in [1.29, 1.82) is 0 Å². The molecular weight excluding hydrogens is 362 g/mol. The predicted molar refractivity (Wildman–Crippen MR) is 102 cm³/mol. The molecule has 144 valence electrons. The molecule has 0 aliphatic rings. The molecule has 0 fully saturated rings. The van der Waals surface area contributed by atoms with E-state index in [9.17, 15) is 14.4 Å². The molecule has 0 aliphatic heterocycles. The van der Waals surface area contributed by atoms with Gasteiger partial charge in [-0.3, -0.25) is 9.59 Å². The number of Topliss-reactive ketones (excluding diaryl/α,β-unsaturated/α-hetero) is 1. The molecule has 3 aromatic rings. The maximum absolute atomic E-state index is 12.0. The van der Waals surface area contributed by atoms with Crippen molar-refractivity contribution in [2.24, 2.45) is 0 Å². The smallest absolute Gasteiger partial charge is 0.341 e. The Morgan fingerprint density at radius 1 is 1.29 bits per heavy atom. The first-order valence-electron chi connectivity index (χ1n) is 8.66. The van der Waals surface area contributed by atoms with Crippen molar-refractivity contribution in [2.75, 3.05) is 12.3 Å². The van der Waals surface area contributed by atoms with Crippen LogP contribution in [0.15, 0.2) is 36.5 Å². The Bertz CT molecular complexity index is 1060. The van der Waals surface area contributed by atoms with E-state index < -0.39 is 18.4 Å². The Hall–Kier alpha value is -3.68. The van der Waals surface area contributed by atoms with Gasteiger partial charge in [0.1, 0.15) is 5.52 Å². The number of carbonyl (C=O) groups excluding carboxylic acids is 2. The summed E-state index contributed by atoms with van der Waals surface area (Å²) in [7, 11) is 0. The summed E-state index contributed by atoms with van der Waals surface area (Å²) in [4.78, 5) is 34.0. The SMILES string of the molecule is CCc1c(N)c2c(OCC(=O)O)c(C(=O)C=O)cnn2c1Cc1ccccc1. The van der Waals surface area contributed by atoms with Gasteiger partial charge in [-0.2, -0.15) is 5.10 Å². The van der Waals surface area contributed by atoms with Crippen molar-refractivity contribution in [3.63, 3.8) is 0 Å². The number of benzene rings is 1. The number of nitrogen functional groups attached to an aromatic ring is 1. The van der Waals surface area contributed by atoms with Gasteiger partial charge >= 0.3 is 5.97 Å². The second-order valence-corrected chi connectivity index (χ2v) is 6.17. The molecule has 0 radical (unpaired) electrons. The molecule has 0 bridgehead atoms. The van der Waals surface area contributed by atoms with Gasteiger partial charge in [-0.1, -0.05) is 37.3 Å². The molecule has 0 aliphatic carbocycles. The summed E-state index contributed by atoms with van der Waals surface area (Å²) in [5.41, 5.74) is 9.53. The zero-order chi connectivity index (χ0) is 20.3. The molecule has 0 atom stereocenters. The number of carboxylic acid groups (broad SMARTS) is 1. The lowest BCUT2D eigenvalue weighted by atomic mass is 10.0. The Balaban J connectivity index is 2.25. The number of nitrogens with two attached hydrogens (primary N) is 1. The van der Waals surface area contributed by atoms with Crippen LogP contribution in [0.25, 0.3) is 5.52 Å². The quantitative estimate of drug-likeness (QED) is 0.347. The minimum atomic E-state index is -1.22. The Labute approximate surface area is 160 Å². The minimum absolute atomic E-state index is 0.0546. The number of rotatable bonds is 8. The molecule has 0 unspecified atom stereocenters. The van der Waals surface area contributed by atoms with E-state index >= 15 is 0 Å². The fourth-order valence-electron chi connectivity index (χ4n) is 3.21. The molecule has 8 heteroatoms. The van der Waals surface area contributed by atoms with Crippen LogP contribution >= 0.6 is 0 Å². The highest BCUT2D eigenvalue weighted by Crippen LogP contribution is 2.36. The van der Waals surface area contributed by atoms with Gasteiger partial charge in [0.15, 0.2) is 18.6 Å². The highest BCUT2D eigenvalue weighted by Gasteiger charge is 2.25. The fourth-order valence-corrected chi connectivity index (χ4v) is 3.21. The van der Waals surface area contributed by atoms with Crippen LogP contribution < -0.4 is 10.5 Å². The van der Waals surface area contributed by atoms with Gasteiger partial charge in [-0.15, -0.1) is 0 Å². The van der Waals surface area contributed by atoms with Crippen LogP contribution in [0.5, 0.6) is 5.75 Å². The van der Waals surface area contributed by atoms with E-state index in [1.54, 1.807) is 4.52 Å². The number of carbonyl (C=O) groups is 3. The van der Waals surface area contributed by atoms with Gasteiger partial charge in [0.05, 0.1) is 23.1 Å². The number of aldehydes is 1. The van der Waals surface area contributed by atoms with Crippen LogP contribution in [0, 0.1) is 0 Å². The summed E-state index contributed by atoms with van der Waals surface area (Å²) in [6, 6.07) is 9.72. The summed E-state index contributed by atoms with van der Waals surface area (Å²) in [6.45, 7) is 1.26. The molecule has 3 rings (SSSR count). The van der Waals surface area contributed by atoms with Gasteiger partial charge in [0.2, 0.25) is 5.78 Å². The number of anilines is 1. The van der Waals surface area contributed by atoms with Crippen LogP contribution in [-0.4, -0.2) is 39.4 Å². The first-order chi connectivity index (χ1) is 13.5. The van der Waals surface area contributed by atoms with E-state index in [1.165, 1.54) is 6.20 Å². The van der Waals surface area contributed by atoms with Gasteiger partial charge < -0.3 is 15.6 Å². The highest BCUT2D eigenvalue weighted by atomic mass is 16.5. The Kier molecular flexibility index (Phi) is 5.39. The molecule has 0 saturated carbocycles. The molecular formula is C20H19N3O5. The normalized spacial score (nSPS) is 10.8. The first-order valence-corrected chi connectivity index (χ1v) is 8.66. The van der Waals surface area contributed by atoms with Crippen LogP contribution in [0.2, 0.25) is 0 Å². The van der Waals surface area contributed by atoms with Gasteiger partial charge in [0, 0.05) is 6.42 Å². The standard InChI is InChI=1S/C20H19N3O5/c1-2-13-15(8-12-6-4-3-5-7-12)23-19(18(13)21)20(28-11-17(26)27)14(9-22-23)16(25)10-24/h3-7,9-10H,2,8,11,21H2,1H3,(H,26,27). The highest BCUT2D eigenvalue weighted by molar-refractivity contribution is 6.34. The van der Waals surface area contributed by atoms with E-state index in [4.69, 9.17) is 15.6 Å². The topological polar surface area (TPSA) is 124 Å². The van der Waals surface area contributed by atoms with Gasteiger partial charge in [-0.25, -0.2) is 9.31 Å². The average molecular weight is 381 g/mol. The molecule has 2 heterocycles. The Morgan fingerprint density at radius 3 is 2.61 bits per heavy atom. The van der Waals surface area contributed by atoms with E-state index in [-0.39, 0.29) is 23.1 Å². The third kappa shape index (κ3) is 3.44. The average Bonchev–Trinajstić information content (AvgIpc) is 2.97. The third-order valence-corrected chi connectivity index (χ3v) is 4.44. The molecule has 1 aromatic carbocycles. The molecule has 0 spiro atoms. The zero-order valence-corrected chi connectivity index (χ0v) is 15.2. The number of ether oxygens (including phenoxy) is 1.